The van der Waals surface area contributed by atoms with Crippen LogP contribution in [0.5, 0.6) is 0 Å². The Morgan fingerprint density at radius 3 is 2.16 bits per heavy atom. The summed E-state index contributed by atoms with van der Waals surface area (Å²) in [5.41, 5.74) is 4.90. The predicted molar refractivity (Wildman–Crippen MR) is 69.4 cm³/mol. The Labute approximate surface area is 112 Å². The van der Waals surface area contributed by atoms with Gasteiger partial charge in [0.1, 0.15) is 11.6 Å². The Kier molecular flexibility index (Phi) is 3.45. The van der Waals surface area contributed by atoms with Crippen LogP contribution in [0.3, 0.4) is 0 Å². The number of benzene rings is 1. The van der Waals surface area contributed by atoms with Gasteiger partial charge in [-0.3, -0.25) is 0 Å². The summed E-state index contributed by atoms with van der Waals surface area (Å²) in [7, 11) is -0.804. The second-order valence-corrected chi connectivity index (χ2v) is 5.82. The molecule has 1 aliphatic rings. The molecule has 1 saturated heterocycles. The Hall–Kier alpha value is -0.975. The zero-order valence-corrected chi connectivity index (χ0v) is 11.5. The summed E-state index contributed by atoms with van der Waals surface area (Å²) in [5, 5.41) is 0. The van der Waals surface area contributed by atoms with Crippen LogP contribution in [0.2, 0.25) is 0 Å². The first-order chi connectivity index (χ1) is 8.64. The van der Waals surface area contributed by atoms with Gasteiger partial charge >= 0.3 is 7.12 Å². The molecule has 0 radical (unpaired) electrons. The van der Waals surface area contributed by atoms with E-state index in [9.17, 15) is 8.78 Å². The molecule has 1 aliphatic heterocycles. The van der Waals surface area contributed by atoms with Crippen molar-refractivity contribution in [1.29, 1.82) is 0 Å². The molecule has 2 rings (SSSR count). The largest absolute Gasteiger partial charge is 0.480 e. The molecule has 0 unspecified atom stereocenters. The molecule has 104 valence electrons. The first kappa shape index (κ1) is 14.4. The standard InChI is InChI=1S/C13H18BF2NO2/c1-12(2)13(3,4)19-14(18-12)11(17)9-7-8(15)5-6-10(9)16/h5-7,11H,17H2,1-4H3/t11-/m0/s1. The molecule has 1 aromatic carbocycles. The van der Waals surface area contributed by atoms with Crippen molar-refractivity contribution in [1.82, 2.24) is 0 Å². The minimum absolute atomic E-state index is 0.0542. The van der Waals surface area contributed by atoms with Gasteiger partial charge in [0.25, 0.3) is 0 Å². The van der Waals surface area contributed by atoms with Gasteiger partial charge in [-0.15, -0.1) is 0 Å². The number of hydrogen-bond acceptors (Lipinski definition) is 3. The summed E-state index contributed by atoms with van der Waals surface area (Å²) in [6.45, 7) is 7.51. The molecule has 1 aromatic rings. The van der Waals surface area contributed by atoms with Crippen molar-refractivity contribution >= 4 is 7.12 Å². The van der Waals surface area contributed by atoms with E-state index < -0.39 is 35.9 Å². The number of hydrogen-bond donors (Lipinski definition) is 1. The van der Waals surface area contributed by atoms with Gasteiger partial charge in [0, 0.05) is 5.56 Å². The zero-order valence-electron chi connectivity index (χ0n) is 11.5. The van der Waals surface area contributed by atoms with Crippen molar-refractivity contribution in [3.63, 3.8) is 0 Å². The summed E-state index contributed by atoms with van der Waals surface area (Å²) >= 11 is 0. The van der Waals surface area contributed by atoms with Crippen molar-refractivity contribution in [2.75, 3.05) is 0 Å². The van der Waals surface area contributed by atoms with E-state index in [2.05, 4.69) is 0 Å². The van der Waals surface area contributed by atoms with Crippen molar-refractivity contribution in [2.24, 2.45) is 5.73 Å². The van der Waals surface area contributed by atoms with Gasteiger partial charge in [-0.2, -0.15) is 0 Å². The molecule has 0 aliphatic carbocycles. The van der Waals surface area contributed by atoms with Crippen LogP contribution in [-0.2, 0) is 9.31 Å². The quantitative estimate of drug-likeness (QED) is 0.839. The minimum Gasteiger partial charge on any atom is -0.402 e. The highest BCUT2D eigenvalue weighted by atomic mass is 19.1. The lowest BCUT2D eigenvalue weighted by Gasteiger charge is -2.32. The third-order valence-corrected chi connectivity index (χ3v) is 3.88. The lowest BCUT2D eigenvalue weighted by Crippen LogP contribution is -2.41. The van der Waals surface area contributed by atoms with Crippen LogP contribution < -0.4 is 5.73 Å². The second kappa shape index (κ2) is 4.54. The smallest absolute Gasteiger partial charge is 0.402 e. The van der Waals surface area contributed by atoms with E-state index in [0.717, 1.165) is 18.2 Å². The monoisotopic (exact) mass is 269 g/mol. The second-order valence-electron chi connectivity index (χ2n) is 5.82. The Bertz CT molecular complexity index is 478. The molecule has 2 N–H and O–H groups in total. The maximum absolute atomic E-state index is 13.7. The van der Waals surface area contributed by atoms with Crippen LogP contribution in [0.4, 0.5) is 8.78 Å². The number of halogens is 2. The highest BCUT2D eigenvalue weighted by Crippen LogP contribution is 2.39. The van der Waals surface area contributed by atoms with E-state index in [0.29, 0.717) is 0 Å². The third kappa shape index (κ3) is 2.52. The fraction of sp³-hybridized carbons (Fsp3) is 0.538. The summed E-state index contributed by atoms with van der Waals surface area (Å²) in [6, 6.07) is 3.18. The third-order valence-electron chi connectivity index (χ3n) is 3.88. The van der Waals surface area contributed by atoms with Crippen LogP contribution >= 0.6 is 0 Å². The molecule has 1 atom stereocenters. The fourth-order valence-electron chi connectivity index (χ4n) is 1.95. The maximum Gasteiger partial charge on any atom is 0.480 e. The predicted octanol–water partition coefficient (Wildman–Crippen LogP) is 2.60. The van der Waals surface area contributed by atoms with Gasteiger partial charge in [0.05, 0.1) is 17.1 Å². The van der Waals surface area contributed by atoms with Crippen LogP contribution in [0.15, 0.2) is 18.2 Å². The molecule has 1 fully saturated rings. The average Bonchev–Trinajstić information content (AvgIpc) is 2.51. The molecule has 3 nitrogen and oxygen atoms in total. The molecule has 0 saturated carbocycles. The van der Waals surface area contributed by atoms with E-state index in [1.807, 2.05) is 27.7 Å². The lowest BCUT2D eigenvalue weighted by molar-refractivity contribution is 0.00578. The van der Waals surface area contributed by atoms with Gasteiger partial charge in [-0.25, -0.2) is 8.78 Å². The van der Waals surface area contributed by atoms with Gasteiger partial charge in [0.15, 0.2) is 0 Å². The zero-order chi connectivity index (χ0) is 14.4. The summed E-state index contributed by atoms with van der Waals surface area (Å²) in [6.07, 6.45) is 0. The van der Waals surface area contributed by atoms with Crippen molar-refractivity contribution in [3.8, 4) is 0 Å². The molecular formula is C13H18BF2NO2. The molecule has 0 amide bonds. The molecule has 0 aromatic heterocycles. The number of rotatable bonds is 2. The van der Waals surface area contributed by atoms with Crippen molar-refractivity contribution < 1.29 is 18.1 Å². The van der Waals surface area contributed by atoms with Crippen LogP contribution in [-0.4, -0.2) is 18.3 Å². The Balaban J connectivity index is 2.27. The molecule has 0 spiro atoms. The van der Waals surface area contributed by atoms with E-state index in [1.54, 1.807) is 0 Å². The highest BCUT2D eigenvalue weighted by Gasteiger charge is 2.53. The van der Waals surface area contributed by atoms with Crippen molar-refractivity contribution in [3.05, 3.63) is 35.4 Å². The summed E-state index contributed by atoms with van der Waals surface area (Å²) in [4.78, 5) is 0. The topological polar surface area (TPSA) is 44.5 Å². The van der Waals surface area contributed by atoms with Crippen LogP contribution in [0, 0.1) is 11.6 Å². The van der Waals surface area contributed by atoms with Crippen molar-refractivity contribution in [2.45, 2.75) is 44.8 Å². The Morgan fingerprint density at radius 1 is 1.11 bits per heavy atom. The summed E-state index contributed by atoms with van der Waals surface area (Å²) < 4.78 is 38.4. The van der Waals surface area contributed by atoms with Crippen LogP contribution in [0.1, 0.15) is 39.2 Å². The SMILES string of the molecule is CC1(C)OB([C@@H](N)c2cc(F)ccc2F)OC1(C)C. The average molecular weight is 269 g/mol. The first-order valence-electron chi connectivity index (χ1n) is 6.20. The van der Waals surface area contributed by atoms with Gasteiger partial charge < -0.3 is 15.0 Å². The fourth-order valence-corrected chi connectivity index (χ4v) is 1.95. The van der Waals surface area contributed by atoms with Crippen LogP contribution in [0.25, 0.3) is 0 Å². The van der Waals surface area contributed by atoms with Gasteiger partial charge in [0.2, 0.25) is 0 Å². The van der Waals surface area contributed by atoms with E-state index in [-0.39, 0.29) is 5.56 Å². The molecule has 0 bridgehead atoms. The maximum atomic E-state index is 13.7. The highest BCUT2D eigenvalue weighted by molar-refractivity contribution is 6.47. The van der Waals surface area contributed by atoms with E-state index in [4.69, 9.17) is 15.0 Å². The van der Waals surface area contributed by atoms with E-state index >= 15 is 0 Å². The summed E-state index contributed by atoms with van der Waals surface area (Å²) in [5.74, 6) is -1.98. The molecule has 1 heterocycles. The molecular weight excluding hydrogens is 251 g/mol. The first-order valence-corrected chi connectivity index (χ1v) is 6.20. The lowest BCUT2D eigenvalue weighted by atomic mass is 9.74. The number of nitrogens with two attached hydrogens (primary N) is 1. The normalized spacial score (nSPS) is 22.6. The van der Waals surface area contributed by atoms with Gasteiger partial charge in [-0.05, 0) is 45.9 Å². The Morgan fingerprint density at radius 2 is 1.63 bits per heavy atom. The van der Waals surface area contributed by atoms with E-state index in [1.165, 1.54) is 0 Å². The molecule has 19 heavy (non-hydrogen) atoms. The molecule has 6 heteroatoms. The minimum atomic E-state index is -0.878. The van der Waals surface area contributed by atoms with Gasteiger partial charge in [-0.1, -0.05) is 0 Å².